The maximum Gasteiger partial charge on any atom is 0.230 e. The highest BCUT2D eigenvalue weighted by atomic mass is 16.2. The highest BCUT2D eigenvalue weighted by Gasteiger charge is 2.26. The molecule has 0 saturated heterocycles. The molecule has 22 heavy (non-hydrogen) atoms. The van der Waals surface area contributed by atoms with Crippen LogP contribution in [0.3, 0.4) is 0 Å². The Hall–Kier alpha value is -1.84. The predicted octanol–water partition coefficient (Wildman–Crippen LogP) is 4.44. The van der Waals surface area contributed by atoms with Gasteiger partial charge in [0, 0.05) is 22.2 Å². The summed E-state index contributed by atoms with van der Waals surface area (Å²) < 4.78 is 0. The van der Waals surface area contributed by atoms with Gasteiger partial charge in [0.05, 0.1) is 0 Å². The zero-order chi connectivity index (χ0) is 17.0. The Morgan fingerprint density at radius 2 is 1.23 bits per heavy atom. The molecule has 4 heteroatoms. The molecule has 0 aromatic heterocycles. The van der Waals surface area contributed by atoms with E-state index in [9.17, 15) is 9.59 Å². The molecule has 0 unspecified atom stereocenters. The minimum Gasteiger partial charge on any atom is -0.326 e. The van der Waals surface area contributed by atoms with Crippen molar-refractivity contribution in [3.05, 3.63) is 24.3 Å². The van der Waals surface area contributed by atoms with Gasteiger partial charge in [0.15, 0.2) is 0 Å². The van der Waals surface area contributed by atoms with Gasteiger partial charge in [-0.2, -0.15) is 0 Å². The summed E-state index contributed by atoms with van der Waals surface area (Å²) in [7, 11) is 0. The Labute approximate surface area is 133 Å². The lowest BCUT2D eigenvalue weighted by molar-refractivity contribution is -0.124. The molecule has 0 aliphatic heterocycles. The van der Waals surface area contributed by atoms with Crippen molar-refractivity contribution >= 4 is 23.2 Å². The Morgan fingerprint density at radius 1 is 0.864 bits per heavy atom. The molecule has 0 saturated carbocycles. The number of hydrogen-bond acceptors (Lipinski definition) is 2. The van der Waals surface area contributed by atoms with Crippen LogP contribution in [0.25, 0.3) is 0 Å². The summed E-state index contributed by atoms with van der Waals surface area (Å²) in [5, 5.41) is 5.82. The minimum absolute atomic E-state index is 0.0210. The molecular weight excluding hydrogens is 276 g/mol. The van der Waals surface area contributed by atoms with E-state index in [1.807, 2.05) is 59.7 Å². The Morgan fingerprint density at radius 3 is 1.55 bits per heavy atom. The van der Waals surface area contributed by atoms with E-state index in [1.54, 1.807) is 6.07 Å². The van der Waals surface area contributed by atoms with Crippen LogP contribution in [0, 0.1) is 10.8 Å². The highest BCUT2D eigenvalue weighted by Crippen LogP contribution is 2.25. The van der Waals surface area contributed by atoms with Crippen molar-refractivity contribution < 1.29 is 9.59 Å². The molecule has 0 aliphatic carbocycles. The van der Waals surface area contributed by atoms with E-state index in [4.69, 9.17) is 0 Å². The third-order valence-corrected chi connectivity index (χ3v) is 4.38. The maximum absolute atomic E-state index is 12.2. The molecular formula is C18H28N2O2. The third-order valence-electron chi connectivity index (χ3n) is 4.38. The molecule has 0 heterocycles. The van der Waals surface area contributed by atoms with Crippen LogP contribution in [0.5, 0.6) is 0 Å². The quantitative estimate of drug-likeness (QED) is 0.816. The first-order valence-electron chi connectivity index (χ1n) is 7.85. The van der Waals surface area contributed by atoms with Crippen LogP contribution in [0.2, 0.25) is 0 Å². The van der Waals surface area contributed by atoms with Crippen molar-refractivity contribution in [1.82, 2.24) is 0 Å². The summed E-state index contributed by atoms with van der Waals surface area (Å²) in [5.41, 5.74) is 0.560. The lowest BCUT2D eigenvalue weighted by atomic mass is 9.89. The third kappa shape index (κ3) is 4.58. The van der Waals surface area contributed by atoms with Crippen LogP contribution in [0.15, 0.2) is 24.3 Å². The monoisotopic (exact) mass is 304 g/mol. The van der Waals surface area contributed by atoms with Crippen LogP contribution in [0.1, 0.15) is 54.4 Å². The van der Waals surface area contributed by atoms with Gasteiger partial charge in [-0.05, 0) is 31.0 Å². The number of benzene rings is 1. The standard InChI is InChI=1S/C18H28N2O2/c1-7-17(3,4)15(21)19-13-10-9-11-14(12-13)20-16(22)18(5,6)8-2/h9-12H,7-8H2,1-6H3,(H,19,21)(H,20,22). The number of rotatable bonds is 6. The molecule has 2 amide bonds. The van der Waals surface area contributed by atoms with E-state index in [2.05, 4.69) is 10.6 Å². The molecule has 0 aliphatic rings. The van der Waals surface area contributed by atoms with E-state index in [1.165, 1.54) is 0 Å². The molecule has 122 valence electrons. The van der Waals surface area contributed by atoms with E-state index in [-0.39, 0.29) is 11.8 Å². The summed E-state index contributed by atoms with van der Waals surface area (Å²) in [6.45, 7) is 11.6. The second-order valence-corrected chi connectivity index (χ2v) is 6.96. The predicted molar refractivity (Wildman–Crippen MR) is 91.8 cm³/mol. The fourth-order valence-corrected chi connectivity index (χ4v) is 1.60. The lowest BCUT2D eigenvalue weighted by Crippen LogP contribution is -2.31. The van der Waals surface area contributed by atoms with E-state index in [0.29, 0.717) is 11.4 Å². The second kappa shape index (κ2) is 6.95. The van der Waals surface area contributed by atoms with Crippen LogP contribution in [0.4, 0.5) is 11.4 Å². The van der Waals surface area contributed by atoms with Gasteiger partial charge >= 0.3 is 0 Å². The Kier molecular flexibility index (Phi) is 5.75. The van der Waals surface area contributed by atoms with Gasteiger partial charge < -0.3 is 10.6 Å². The fourth-order valence-electron chi connectivity index (χ4n) is 1.60. The summed E-state index contributed by atoms with van der Waals surface area (Å²) in [6.07, 6.45) is 1.53. The largest absolute Gasteiger partial charge is 0.326 e. The minimum atomic E-state index is -0.413. The van der Waals surface area contributed by atoms with Gasteiger partial charge in [-0.1, -0.05) is 47.6 Å². The molecule has 0 spiro atoms. The number of nitrogens with one attached hydrogen (secondary N) is 2. The van der Waals surface area contributed by atoms with E-state index in [0.717, 1.165) is 12.8 Å². The Balaban J connectivity index is 2.83. The van der Waals surface area contributed by atoms with E-state index < -0.39 is 10.8 Å². The average molecular weight is 304 g/mol. The molecule has 0 fully saturated rings. The first-order chi connectivity index (χ1) is 10.1. The number of anilines is 2. The van der Waals surface area contributed by atoms with Crippen LogP contribution in [-0.2, 0) is 9.59 Å². The van der Waals surface area contributed by atoms with Gasteiger partial charge in [0.2, 0.25) is 11.8 Å². The molecule has 2 N–H and O–H groups in total. The van der Waals surface area contributed by atoms with Crippen LogP contribution < -0.4 is 10.6 Å². The normalized spacial score (nSPS) is 11.9. The van der Waals surface area contributed by atoms with Crippen molar-refractivity contribution in [3.8, 4) is 0 Å². The topological polar surface area (TPSA) is 58.2 Å². The molecule has 0 atom stereocenters. The number of carbonyl (C=O) groups excluding carboxylic acids is 2. The summed E-state index contributed by atoms with van der Waals surface area (Å²) in [6, 6.07) is 7.25. The van der Waals surface area contributed by atoms with E-state index >= 15 is 0 Å². The lowest BCUT2D eigenvalue weighted by Gasteiger charge is -2.23. The first-order valence-corrected chi connectivity index (χ1v) is 7.85. The van der Waals surface area contributed by atoms with Gasteiger partial charge in [-0.15, -0.1) is 0 Å². The highest BCUT2D eigenvalue weighted by molar-refractivity contribution is 5.97. The van der Waals surface area contributed by atoms with Gasteiger partial charge in [0.25, 0.3) is 0 Å². The second-order valence-electron chi connectivity index (χ2n) is 6.96. The molecule has 1 aromatic rings. The molecule has 1 aromatic carbocycles. The zero-order valence-corrected chi connectivity index (χ0v) is 14.5. The molecule has 0 radical (unpaired) electrons. The fraction of sp³-hybridized carbons (Fsp3) is 0.556. The van der Waals surface area contributed by atoms with Gasteiger partial charge in [-0.3, -0.25) is 9.59 Å². The van der Waals surface area contributed by atoms with Crippen LogP contribution in [-0.4, -0.2) is 11.8 Å². The summed E-state index contributed by atoms with van der Waals surface area (Å²) in [5.74, 6) is -0.0419. The van der Waals surface area contributed by atoms with Crippen molar-refractivity contribution in [1.29, 1.82) is 0 Å². The number of amides is 2. The average Bonchev–Trinajstić information content (AvgIpc) is 2.47. The van der Waals surface area contributed by atoms with Gasteiger partial charge in [-0.25, -0.2) is 0 Å². The zero-order valence-electron chi connectivity index (χ0n) is 14.5. The summed E-state index contributed by atoms with van der Waals surface area (Å²) >= 11 is 0. The SMILES string of the molecule is CCC(C)(C)C(=O)Nc1cccc(NC(=O)C(C)(C)CC)c1. The van der Waals surface area contributed by atoms with Gasteiger partial charge in [0.1, 0.15) is 0 Å². The number of hydrogen-bond donors (Lipinski definition) is 2. The molecule has 0 bridgehead atoms. The number of carbonyl (C=O) groups is 2. The van der Waals surface area contributed by atoms with Crippen molar-refractivity contribution in [3.63, 3.8) is 0 Å². The summed E-state index contributed by atoms with van der Waals surface area (Å²) in [4.78, 5) is 24.4. The smallest absolute Gasteiger partial charge is 0.230 e. The van der Waals surface area contributed by atoms with Crippen molar-refractivity contribution in [2.45, 2.75) is 54.4 Å². The van der Waals surface area contributed by atoms with Crippen LogP contribution >= 0.6 is 0 Å². The molecule has 4 nitrogen and oxygen atoms in total. The van der Waals surface area contributed by atoms with Crippen molar-refractivity contribution in [2.75, 3.05) is 10.6 Å². The Bertz CT molecular complexity index is 503. The maximum atomic E-state index is 12.2. The molecule has 1 rings (SSSR count). The van der Waals surface area contributed by atoms with Crippen molar-refractivity contribution in [2.24, 2.45) is 10.8 Å². The first kappa shape index (κ1) is 18.2.